The highest BCUT2D eigenvalue weighted by Crippen LogP contribution is 2.44. The zero-order chi connectivity index (χ0) is 37.5. The molecule has 0 amide bonds. The van der Waals surface area contributed by atoms with Gasteiger partial charge in [0.2, 0.25) is 0 Å². The van der Waals surface area contributed by atoms with Gasteiger partial charge in [0.05, 0.1) is 16.7 Å². The van der Waals surface area contributed by atoms with Crippen molar-refractivity contribution in [1.29, 1.82) is 0 Å². The van der Waals surface area contributed by atoms with E-state index in [2.05, 4.69) is 191 Å². The number of thiophene rings is 1. The van der Waals surface area contributed by atoms with E-state index in [1.165, 1.54) is 36.5 Å². The first-order valence-electron chi connectivity index (χ1n) is 19.4. The van der Waals surface area contributed by atoms with E-state index in [4.69, 9.17) is 9.41 Å². The average Bonchev–Trinajstić information content (AvgIpc) is 3.96. The van der Waals surface area contributed by atoms with Gasteiger partial charge in [0.1, 0.15) is 23.8 Å². The second-order valence-corrected chi connectivity index (χ2v) is 15.8. The molecule has 1 aliphatic rings. The van der Waals surface area contributed by atoms with Crippen molar-refractivity contribution in [3.05, 3.63) is 199 Å². The standard InChI is InChI=1S/C51H34N4OS/c1-3-14-31(15-4-1)49-52-50(32-16-5-2-6-17-32)54-51(53-49)39-23-13-27-45-46(39)40-30-33(28-29-44(40)57-45)34-20-11-21-37-38-22-12-26-43(48(38)56-47(34)37)55-41-24-9-7-18-35(41)36-19-8-10-25-42(36)55/h1-30,49,51,53H,(H,52,54). The van der Waals surface area contributed by atoms with Crippen LogP contribution in [0.5, 0.6) is 0 Å². The summed E-state index contributed by atoms with van der Waals surface area (Å²) in [5.41, 5.74) is 10.7. The maximum Gasteiger partial charge on any atom is 0.159 e. The lowest BCUT2D eigenvalue weighted by Gasteiger charge is -2.32. The fourth-order valence-electron chi connectivity index (χ4n) is 8.92. The summed E-state index contributed by atoms with van der Waals surface area (Å²) in [6.45, 7) is 0. The van der Waals surface area contributed by atoms with Crippen molar-refractivity contribution in [2.24, 2.45) is 4.99 Å². The van der Waals surface area contributed by atoms with Crippen molar-refractivity contribution in [2.75, 3.05) is 0 Å². The molecule has 3 aromatic heterocycles. The number of benzene rings is 8. The lowest BCUT2D eigenvalue weighted by Crippen LogP contribution is -2.45. The third-order valence-electron chi connectivity index (χ3n) is 11.5. The Hall–Kier alpha value is -6.99. The zero-order valence-corrected chi connectivity index (χ0v) is 31.5. The number of hydrogen-bond acceptors (Lipinski definition) is 5. The quantitative estimate of drug-likeness (QED) is 0.184. The largest absolute Gasteiger partial charge is 0.453 e. The predicted octanol–water partition coefficient (Wildman–Crippen LogP) is 13.1. The van der Waals surface area contributed by atoms with Crippen molar-refractivity contribution in [3.63, 3.8) is 0 Å². The van der Waals surface area contributed by atoms with Gasteiger partial charge in [-0.25, -0.2) is 4.99 Å². The van der Waals surface area contributed by atoms with Gasteiger partial charge in [-0.05, 0) is 53.1 Å². The number of nitrogens with one attached hydrogen (secondary N) is 2. The molecule has 270 valence electrons. The van der Waals surface area contributed by atoms with Crippen LogP contribution in [-0.2, 0) is 0 Å². The van der Waals surface area contributed by atoms with Gasteiger partial charge in [0, 0.05) is 52.8 Å². The van der Waals surface area contributed by atoms with Crippen molar-refractivity contribution in [3.8, 4) is 16.8 Å². The third kappa shape index (κ3) is 5.08. The second-order valence-electron chi connectivity index (χ2n) is 14.7. The fraction of sp³-hybridized carbons (Fsp3) is 0.0392. The minimum absolute atomic E-state index is 0.175. The summed E-state index contributed by atoms with van der Waals surface area (Å²) >= 11 is 1.84. The van der Waals surface area contributed by atoms with E-state index in [9.17, 15) is 0 Å². The Kier molecular flexibility index (Phi) is 7.24. The Morgan fingerprint density at radius 1 is 0.526 bits per heavy atom. The first kappa shape index (κ1) is 32.3. The van der Waals surface area contributed by atoms with Gasteiger partial charge >= 0.3 is 0 Å². The van der Waals surface area contributed by atoms with E-state index >= 15 is 0 Å². The van der Waals surface area contributed by atoms with E-state index in [1.54, 1.807) is 0 Å². The van der Waals surface area contributed by atoms with E-state index in [-0.39, 0.29) is 12.3 Å². The molecular weight excluding hydrogens is 717 g/mol. The van der Waals surface area contributed by atoms with Gasteiger partial charge in [-0.3, -0.25) is 5.32 Å². The summed E-state index contributed by atoms with van der Waals surface area (Å²) in [4.78, 5) is 5.17. The van der Waals surface area contributed by atoms with E-state index < -0.39 is 0 Å². The SMILES string of the molecule is c1ccc(C2=NC(c3ccccc3)NC(c3cccc4sc5ccc(-c6cccc7c6oc6c(-n8c9ccccc9c9ccccc98)cccc67)cc5c34)N2)cc1. The molecule has 0 aliphatic carbocycles. The molecule has 0 saturated carbocycles. The first-order valence-corrected chi connectivity index (χ1v) is 20.2. The summed E-state index contributed by atoms with van der Waals surface area (Å²) in [6.07, 6.45) is -0.382. The molecular formula is C51H34N4OS. The smallest absolute Gasteiger partial charge is 0.159 e. The zero-order valence-electron chi connectivity index (χ0n) is 30.7. The number of nitrogens with zero attached hydrogens (tertiary/aromatic N) is 2. The monoisotopic (exact) mass is 750 g/mol. The Labute approximate surface area is 332 Å². The molecule has 5 nitrogen and oxygen atoms in total. The van der Waals surface area contributed by atoms with Crippen LogP contribution in [0.15, 0.2) is 191 Å². The number of hydrogen-bond donors (Lipinski definition) is 2. The van der Waals surface area contributed by atoms with Crippen LogP contribution in [0.4, 0.5) is 0 Å². The maximum atomic E-state index is 7.05. The molecule has 0 radical (unpaired) electrons. The summed E-state index contributed by atoms with van der Waals surface area (Å²) in [7, 11) is 0. The first-order chi connectivity index (χ1) is 28.3. The minimum Gasteiger partial charge on any atom is -0.453 e. The van der Waals surface area contributed by atoms with Gasteiger partial charge in [-0.1, -0.05) is 146 Å². The molecule has 0 fully saturated rings. The Bertz CT molecular complexity index is 3320. The van der Waals surface area contributed by atoms with Crippen molar-refractivity contribution < 1.29 is 4.42 Å². The topological polar surface area (TPSA) is 54.5 Å². The third-order valence-corrected chi connectivity index (χ3v) is 12.6. The van der Waals surface area contributed by atoms with Crippen LogP contribution in [0, 0.1) is 0 Å². The van der Waals surface area contributed by atoms with Gasteiger partial charge in [0.15, 0.2) is 5.58 Å². The number of aromatic nitrogens is 1. The molecule has 57 heavy (non-hydrogen) atoms. The molecule has 6 heteroatoms. The maximum absolute atomic E-state index is 7.05. The number of rotatable bonds is 5. The van der Waals surface area contributed by atoms with Gasteiger partial charge in [-0.15, -0.1) is 11.3 Å². The van der Waals surface area contributed by atoms with Gasteiger partial charge in [0.25, 0.3) is 0 Å². The van der Waals surface area contributed by atoms with Crippen LogP contribution < -0.4 is 10.6 Å². The van der Waals surface area contributed by atoms with Crippen molar-refractivity contribution >= 4 is 81.1 Å². The number of fused-ring (bicyclic) bond motifs is 9. The highest BCUT2D eigenvalue weighted by molar-refractivity contribution is 7.25. The summed E-state index contributed by atoms with van der Waals surface area (Å²) in [5, 5.41) is 14.8. The van der Waals surface area contributed by atoms with Gasteiger partial charge < -0.3 is 14.3 Å². The van der Waals surface area contributed by atoms with Crippen LogP contribution in [0.1, 0.15) is 29.0 Å². The predicted molar refractivity (Wildman–Crippen MR) is 238 cm³/mol. The van der Waals surface area contributed by atoms with Crippen LogP contribution in [0.2, 0.25) is 0 Å². The Morgan fingerprint density at radius 2 is 1.19 bits per heavy atom. The number of aliphatic imine (C=N–C) groups is 1. The lowest BCUT2D eigenvalue weighted by atomic mass is 9.98. The Balaban J connectivity index is 1.02. The fourth-order valence-corrected chi connectivity index (χ4v) is 10.0. The van der Waals surface area contributed by atoms with Crippen molar-refractivity contribution in [2.45, 2.75) is 12.3 Å². The molecule has 2 atom stereocenters. The molecule has 4 heterocycles. The van der Waals surface area contributed by atoms with Crippen LogP contribution in [0.25, 0.3) is 80.7 Å². The highest BCUT2D eigenvalue weighted by atomic mass is 32.1. The van der Waals surface area contributed by atoms with Crippen LogP contribution >= 0.6 is 11.3 Å². The molecule has 0 bridgehead atoms. The number of furan rings is 1. The molecule has 12 rings (SSSR count). The van der Waals surface area contributed by atoms with E-state index in [0.29, 0.717) is 0 Å². The average molecular weight is 751 g/mol. The number of amidine groups is 1. The Morgan fingerprint density at radius 3 is 1.98 bits per heavy atom. The molecule has 1 aliphatic heterocycles. The van der Waals surface area contributed by atoms with E-state index in [1.807, 2.05) is 17.4 Å². The van der Waals surface area contributed by atoms with Crippen molar-refractivity contribution in [1.82, 2.24) is 15.2 Å². The summed E-state index contributed by atoms with van der Waals surface area (Å²) < 4.78 is 11.9. The molecule has 2 N–H and O–H groups in total. The molecule has 11 aromatic rings. The molecule has 2 unspecified atom stereocenters. The second kappa shape index (κ2) is 12.8. The summed E-state index contributed by atoms with van der Waals surface area (Å²) in [6, 6.07) is 64.8. The highest BCUT2D eigenvalue weighted by Gasteiger charge is 2.28. The summed E-state index contributed by atoms with van der Waals surface area (Å²) in [5.74, 6) is 0.877. The molecule has 8 aromatic carbocycles. The normalized spacial score (nSPS) is 15.9. The van der Waals surface area contributed by atoms with Crippen LogP contribution in [0.3, 0.4) is 0 Å². The van der Waals surface area contributed by atoms with Crippen LogP contribution in [-0.4, -0.2) is 10.4 Å². The van der Waals surface area contributed by atoms with Gasteiger partial charge in [-0.2, -0.15) is 0 Å². The minimum atomic E-state index is -0.207. The van der Waals surface area contributed by atoms with E-state index in [0.717, 1.165) is 66.7 Å². The number of para-hydroxylation sites is 4. The molecule has 0 saturated heterocycles. The lowest BCUT2D eigenvalue weighted by molar-refractivity contribution is 0.411. The molecule has 0 spiro atoms.